The van der Waals surface area contributed by atoms with Gasteiger partial charge in [0.25, 0.3) is 5.91 Å². The Morgan fingerprint density at radius 2 is 1.87 bits per heavy atom. The number of carbonyl (C=O) groups is 1. The Labute approximate surface area is 144 Å². The number of hydrogen-bond acceptors (Lipinski definition) is 4. The third kappa shape index (κ3) is 5.39. The number of carbonyl (C=O) groups excluding carboxylic acids is 1. The number of nitrogens with one attached hydrogen (secondary N) is 1. The van der Waals surface area contributed by atoms with Crippen LogP contribution in [0.2, 0.25) is 10.2 Å². The first-order chi connectivity index (χ1) is 11.1. The lowest BCUT2D eigenvalue weighted by Gasteiger charge is -2.08. The van der Waals surface area contributed by atoms with Gasteiger partial charge in [-0.25, -0.2) is 4.98 Å². The molecular formula is C16H16Cl2N2O3. The Hall–Kier alpha value is -1.82. The van der Waals surface area contributed by atoms with Gasteiger partial charge in [0.2, 0.25) is 0 Å². The molecule has 1 aromatic carbocycles. The summed E-state index contributed by atoms with van der Waals surface area (Å²) in [5.41, 5.74) is 1.04. The molecule has 0 atom stereocenters. The molecule has 2 aromatic rings. The largest absolute Gasteiger partial charge is 0.491 e. The maximum Gasteiger partial charge on any atom is 0.271 e. The van der Waals surface area contributed by atoms with Gasteiger partial charge in [0.15, 0.2) is 0 Å². The van der Waals surface area contributed by atoms with Gasteiger partial charge in [-0.05, 0) is 29.8 Å². The van der Waals surface area contributed by atoms with Gasteiger partial charge in [0.05, 0.1) is 11.6 Å². The lowest BCUT2D eigenvalue weighted by molar-refractivity contribution is 0.0946. The van der Waals surface area contributed by atoms with Crippen LogP contribution in [0.4, 0.5) is 0 Å². The quantitative estimate of drug-likeness (QED) is 0.611. The van der Waals surface area contributed by atoms with Crippen molar-refractivity contribution in [1.82, 2.24) is 10.3 Å². The van der Waals surface area contributed by atoms with Crippen LogP contribution >= 0.6 is 23.2 Å². The van der Waals surface area contributed by atoms with E-state index >= 15 is 0 Å². The molecule has 0 radical (unpaired) electrons. The molecule has 0 spiro atoms. The number of pyridine rings is 1. The van der Waals surface area contributed by atoms with Crippen LogP contribution in [0.1, 0.15) is 16.1 Å². The summed E-state index contributed by atoms with van der Waals surface area (Å²) in [5.74, 6) is 0.370. The van der Waals surface area contributed by atoms with Gasteiger partial charge in [-0.15, -0.1) is 0 Å². The van der Waals surface area contributed by atoms with Crippen molar-refractivity contribution < 1.29 is 14.3 Å². The van der Waals surface area contributed by atoms with Crippen molar-refractivity contribution in [1.29, 1.82) is 0 Å². The maximum absolute atomic E-state index is 12.1. The highest BCUT2D eigenvalue weighted by Gasteiger charge is 2.12. The van der Waals surface area contributed by atoms with E-state index in [1.165, 1.54) is 12.1 Å². The van der Waals surface area contributed by atoms with Gasteiger partial charge < -0.3 is 14.8 Å². The van der Waals surface area contributed by atoms with E-state index in [9.17, 15) is 4.79 Å². The standard InChI is InChI=1S/C16H16Cl2N2O3/c1-22-8-9-23-12-4-2-11(3-5-12)10-19-16(21)15-13(17)6-7-14(18)20-15/h2-7H,8-10H2,1H3,(H,19,21). The predicted molar refractivity (Wildman–Crippen MR) is 89.2 cm³/mol. The summed E-state index contributed by atoms with van der Waals surface area (Å²) in [4.78, 5) is 16.0. The fraction of sp³-hybridized carbons (Fsp3) is 0.250. The zero-order chi connectivity index (χ0) is 16.7. The second-order valence-corrected chi connectivity index (χ2v) is 5.43. The van der Waals surface area contributed by atoms with Crippen LogP contribution in [0.5, 0.6) is 5.75 Å². The molecule has 0 fully saturated rings. The Morgan fingerprint density at radius 1 is 1.13 bits per heavy atom. The van der Waals surface area contributed by atoms with Gasteiger partial charge >= 0.3 is 0 Å². The highest BCUT2D eigenvalue weighted by molar-refractivity contribution is 6.34. The molecule has 5 nitrogen and oxygen atoms in total. The molecule has 0 aliphatic carbocycles. The number of nitrogens with zero attached hydrogens (tertiary/aromatic N) is 1. The zero-order valence-corrected chi connectivity index (χ0v) is 14.0. The van der Waals surface area contributed by atoms with Crippen molar-refractivity contribution in [2.75, 3.05) is 20.3 Å². The van der Waals surface area contributed by atoms with Crippen molar-refractivity contribution in [2.45, 2.75) is 6.54 Å². The van der Waals surface area contributed by atoms with Gasteiger partial charge in [0.1, 0.15) is 23.2 Å². The van der Waals surface area contributed by atoms with Crippen LogP contribution in [0.3, 0.4) is 0 Å². The summed E-state index contributed by atoms with van der Waals surface area (Å²) in [6, 6.07) is 10.5. The van der Waals surface area contributed by atoms with Gasteiger partial charge in [-0.1, -0.05) is 35.3 Å². The van der Waals surface area contributed by atoms with Gasteiger partial charge in [0, 0.05) is 13.7 Å². The third-order valence-electron chi connectivity index (χ3n) is 2.96. The summed E-state index contributed by atoms with van der Waals surface area (Å²) >= 11 is 11.7. The Kier molecular flexibility index (Phi) is 6.65. The minimum absolute atomic E-state index is 0.110. The third-order valence-corrected chi connectivity index (χ3v) is 3.48. The summed E-state index contributed by atoms with van der Waals surface area (Å²) in [7, 11) is 1.62. The molecule has 0 saturated carbocycles. The number of benzene rings is 1. The molecule has 1 amide bonds. The minimum atomic E-state index is -0.377. The molecule has 23 heavy (non-hydrogen) atoms. The molecule has 1 N–H and O–H groups in total. The van der Waals surface area contributed by atoms with Crippen molar-refractivity contribution in [3.05, 3.63) is 57.8 Å². The van der Waals surface area contributed by atoms with Crippen molar-refractivity contribution in [3.63, 3.8) is 0 Å². The number of halogens is 2. The normalized spacial score (nSPS) is 10.4. The number of amides is 1. The van der Waals surface area contributed by atoms with Crippen LogP contribution in [0, 0.1) is 0 Å². The van der Waals surface area contributed by atoms with E-state index in [-0.39, 0.29) is 21.8 Å². The molecule has 0 aliphatic rings. The number of methoxy groups -OCH3 is 1. The topological polar surface area (TPSA) is 60.5 Å². The smallest absolute Gasteiger partial charge is 0.271 e. The Morgan fingerprint density at radius 3 is 2.57 bits per heavy atom. The first-order valence-electron chi connectivity index (χ1n) is 6.91. The van der Waals surface area contributed by atoms with E-state index in [2.05, 4.69) is 10.3 Å². The monoisotopic (exact) mass is 354 g/mol. The number of rotatable bonds is 7. The number of aromatic nitrogens is 1. The second-order valence-electron chi connectivity index (χ2n) is 4.63. The van der Waals surface area contributed by atoms with Gasteiger partial charge in [-0.2, -0.15) is 0 Å². The lowest BCUT2D eigenvalue weighted by atomic mass is 10.2. The van der Waals surface area contributed by atoms with Crippen molar-refractivity contribution >= 4 is 29.1 Å². The van der Waals surface area contributed by atoms with Crippen LogP contribution < -0.4 is 10.1 Å². The predicted octanol–water partition coefficient (Wildman–Crippen LogP) is 3.34. The summed E-state index contributed by atoms with van der Waals surface area (Å²) in [6.07, 6.45) is 0. The molecule has 2 rings (SSSR count). The van der Waals surface area contributed by atoms with Crippen LogP contribution in [0.25, 0.3) is 0 Å². The van der Waals surface area contributed by atoms with Crippen LogP contribution in [0.15, 0.2) is 36.4 Å². The molecule has 0 saturated heterocycles. The molecule has 122 valence electrons. The zero-order valence-electron chi connectivity index (χ0n) is 12.5. The summed E-state index contributed by atoms with van der Waals surface area (Å²) in [6.45, 7) is 1.37. The van der Waals surface area contributed by atoms with E-state index in [1.54, 1.807) is 7.11 Å². The molecule has 0 bridgehead atoms. The first kappa shape index (κ1) is 17.5. The fourth-order valence-corrected chi connectivity index (χ4v) is 2.13. The first-order valence-corrected chi connectivity index (χ1v) is 7.66. The summed E-state index contributed by atoms with van der Waals surface area (Å²) in [5, 5.41) is 3.23. The lowest BCUT2D eigenvalue weighted by Crippen LogP contribution is -2.24. The average molecular weight is 355 g/mol. The van der Waals surface area contributed by atoms with E-state index in [1.807, 2.05) is 24.3 Å². The fourth-order valence-electron chi connectivity index (χ4n) is 1.79. The SMILES string of the molecule is COCCOc1ccc(CNC(=O)c2nc(Cl)ccc2Cl)cc1. The Balaban J connectivity index is 1.90. The van der Waals surface area contributed by atoms with Crippen LogP contribution in [-0.2, 0) is 11.3 Å². The van der Waals surface area contributed by atoms with E-state index in [0.29, 0.717) is 19.8 Å². The Bertz CT molecular complexity index is 663. The molecular weight excluding hydrogens is 339 g/mol. The molecule has 7 heteroatoms. The minimum Gasteiger partial charge on any atom is -0.491 e. The highest BCUT2D eigenvalue weighted by atomic mass is 35.5. The van der Waals surface area contributed by atoms with Gasteiger partial charge in [-0.3, -0.25) is 4.79 Å². The molecule has 1 heterocycles. The van der Waals surface area contributed by atoms with E-state index < -0.39 is 0 Å². The molecule has 0 unspecified atom stereocenters. The van der Waals surface area contributed by atoms with E-state index in [0.717, 1.165) is 11.3 Å². The van der Waals surface area contributed by atoms with E-state index in [4.69, 9.17) is 32.7 Å². The molecule has 1 aromatic heterocycles. The number of ether oxygens (including phenoxy) is 2. The number of hydrogen-bond donors (Lipinski definition) is 1. The van der Waals surface area contributed by atoms with Crippen molar-refractivity contribution in [2.24, 2.45) is 0 Å². The average Bonchev–Trinajstić information content (AvgIpc) is 2.56. The van der Waals surface area contributed by atoms with Crippen LogP contribution in [-0.4, -0.2) is 31.2 Å². The molecule has 0 aliphatic heterocycles. The van der Waals surface area contributed by atoms with Crippen molar-refractivity contribution in [3.8, 4) is 5.75 Å². The second kappa shape index (κ2) is 8.72. The maximum atomic E-state index is 12.1. The highest BCUT2D eigenvalue weighted by Crippen LogP contribution is 2.17. The summed E-state index contributed by atoms with van der Waals surface area (Å²) < 4.78 is 10.4.